The first-order valence-corrected chi connectivity index (χ1v) is 12.1. The molecule has 0 atom stereocenters. The second-order valence-corrected chi connectivity index (χ2v) is 9.87. The molecule has 0 saturated heterocycles. The van der Waals surface area contributed by atoms with Crippen LogP contribution in [0.15, 0.2) is 76.6 Å². The number of aromatic nitrogens is 1. The highest BCUT2D eigenvalue weighted by Crippen LogP contribution is 2.21. The molecule has 1 amide bonds. The lowest BCUT2D eigenvalue weighted by Gasteiger charge is -2.08. The molecule has 6 nitrogen and oxygen atoms in total. The number of fused-ring (bicyclic) bond motifs is 1. The Hall–Kier alpha value is -3.74. The molecular formula is C24H18FN3O3S2. The van der Waals surface area contributed by atoms with Crippen LogP contribution in [0.3, 0.4) is 0 Å². The molecule has 33 heavy (non-hydrogen) atoms. The minimum Gasteiger partial charge on any atom is -0.302 e. The van der Waals surface area contributed by atoms with Crippen LogP contribution < -0.4 is 9.52 Å². The highest BCUT2D eigenvalue weighted by molar-refractivity contribution is 7.92. The summed E-state index contributed by atoms with van der Waals surface area (Å²) in [6, 6.07) is 17.0. The average molecular weight is 480 g/mol. The molecule has 1 aromatic heterocycles. The maximum Gasteiger partial charge on any atom is 0.279 e. The predicted molar refractivity (Wildman–Crippen MR) is 127 cm³/mol. The second-order valence-electron chi connectivity index (χ2n) is 7.17. The largest absolute Gasteiger partial charge is 0.302 e. The third-order valence-corrected chi connectivity index (χ3v) is 7.25. The average Bonchev–Trinajstić information content (AvgIpc) is 3.12. The monoisotopic (exact) mass is 479 g/mol. The number of nitrogens with one attached hydrogen (secondary N) is 1. The van der Waals surface area contributed by atoms with Crippen molar-refractivity contribution in [1.29, 1.82) is 0 Å². The Morgan fingerprint density at radius 1 is 1.12 bits per heavy atom. The lowest BCUT2D eigenvalue weighted by Crippen LogP contribution is -2.17. The molecule has 0 saturated carbocycles. The van der Waals surface area contributed by atoms with Gasteiger partial charge < -0.3 is 4.57 Å². The minimum absolute atomic E-state index is 0.0623. The Morgan fingerprint density at radius 2 is 1.82 bits per heavy atom. The molecule has 0 unspecified atom stereocenters. The zero-order valence-corrected chi connectivity index (χ0v) is 19.1. The molecule has 166 valence electrons. The molecule has 9 heteroatoms. The number of carbonyl (C=O) groups excluding carboxylic acids is 1. The molecule has 3 aromatic carbocycles. The number of benzene rings is 3. The molecular weight excluding hydrogens is 461 g/mol. The highest BCUT2D eigenvalue weighted by Gasteiger charge is 2.15. The standard InChI is InChI=1S/C24H18FN3O3S2/c1-3-15-28-22-20(25)5-4-6-21(22)32-24(28)26-23(29)17-9-11-18(12-10-17)27-33(30,31)19-13-7-16(2)8-14-19/h1,4-14,27H,15H2,2H3. The van der Waals surface area contributed by atoms with Crippen molar-refractivity contribution in [3.05, 3.63) is 88.5 Å². The van der Waals surface area contributed by atoms with Gasteiger partial charge in [-0.2, -0.15) is 4.99 Å². The molecule has 0 aliphatic carbocycles. The normalized spacial score (nSPS) is 12.0. The van der Waals surface area contributed by atoms with Gasteiger partial charge >= 0.3 is 0 Å². The van der Waals surface area contributed by atoms with Crippen LogP contribution in [-0.4, -0.2) is 18.9 Å². The Morgan fingerprint density at radius 3 is 2.48 bits per heavy atom. The first kappa shape index (κ1) is 22.5. The van der Waals surface area contributed by atoms with Crippen molar-refractivity contribution in [2.45, 2.75) is 18.4 Å². The lowest BCUT2D eigenvalue weighted by atomic mass is 10.2. The van der Waals surface area contributed by atoms with Gasteiger partial charge in [0.1, 0.15) is 5.82 Å². The number of amides is 1. The van der Waals surface area contributed by atoms with Crippen LogP contribution in [0.4, 0.5) is 10.1 Å². The second kappa shape index (κ2) is 9.02. The van der Waals surface area contributed by atoms with Crippen molar-refractivity contribution in [3.8, 4) is 12.3 Å². The van der Waals surface area contributed by atoms with E-state index >= 15 is 0 Å². The molecule has 4 rings (SSSR count). The number of aryl methyl sites for hydroxylation is 1. The lowest BCUT2D eigenvalue weighted by molar-refractivity contribution is 0.0998. The summed E-state index contributed by atoms with van der Waals surface area (Å²) in [5.41, 5.74) is 1.80. The van der Waals surface area contributed by atoms with Crippen LogP contribution in [0.2, 0.25) is 0 Å². The molecule has 1 N–H and O–H groups in total. The van der Waals surface area contributed by atoms with Crippen molar-refractivity contribution in [2.75, 3.05) is 4.72 Å². The van der Waals surface area contributed by atoms with Gasteiger partial charge in [-0.25, -0.2) is 12.8 Å². The van der Waals surface area contributed by atoms with E-state index in [1.54, 1.807) is 24.3 Å². The van der Waals surface area contributed by atoms with E-state index in [0.29, 0.717) is 15.9 Å². The zero-order chi connectivity index (χ0) is 23.6. The molecule has 0 bridgehead atoms. The summed E-state index contributed by atoms with van der Waals surface area (Å²) in [7, 11) is -3.76. The fourth-order valence-corrected chi connectivity index (χ4v) is 5.27. The molecule has 0 fully saturated rings. The van der Waals surface area contributed by atoms with Crippen LogP contribution in [0.5, 0.6) is 0 Å². The highest BCUT2D eigenvalue weighted by atomic mass is 32.2. The SMILES string of the molecule is C#CCn1c(=NC(=O)c2ccc(NS(=O)(=O)c3ccc(C)cc3)cc2)sc2cccc(F)c21. The van der Waals surface area contributed by atoms with Crippen LogP contribution in [0.25, 0.3) is 10.2 Å². The Kier molecular flexibility index (Phi) is 6.14. The van der Waals surface area contributed by atoms with Crippen molar-refractivity contribution in [1.82, 2.24) is 4.57 Å². The van der Waals surface area contributed by atoms with Gasteiger partial charge in [0.2, 0.25) is 0 Å². The number of terminal acetylenes is 1. The Balaban J connectivity index is 1.61. The number of halogens is 1. The van der Waals surface area contributed by atoms with Gasteiger partial charge in [-0.15, -0.1) is 6.42 Å². The summed E-state index contributed by atoms with van der Waals surface area (Å²) in [5.74, 6) is 1.45. The number of anilines is 1. The van der Waals surface area contributed by atoms with Gasteiger partial charge in [0.05, 0.1) is 21.7 Å². The molecule has 4 aromatic rings. The molecule has 0 aliphatic heterocycles. The quantitative estimate of drug-likeness (QED) is 0.433. The van der Waals surface area contributed by atoms with Gasteiger partial charge in [-0.3, -0.25) is 9.52 Å². The summed E-state index contributed by atoms with van der Waals surface area (Å²) in [6.07, 6.45) is 5.42. The molecule has 0 radical (unpaired) electrons. The van der Waals surface area contributed by atoms with E-state index in [0.717, 1.165) is 16.9 Å². The number of carbonyl (C=O) groups is 1. The number of thiazole rings is 1. The predicted octanol–water partition coefficient (Wildman–Crippen LogP) is 4.33. The summed E-state index contributed by atoms with van der Waals surface area (Å²) in [6.45, 7) is 1.93. The maximum absolute atomic E-state index is 14.3. The molecule has 0 spiro atoms. The van der Waals surface area contributed by atoms with Gasteiger partial charge in [0.25, 0.3) is 15.9 Å². The van der Waals surface area contributed by atoms with Crippen molar-refractivity contribution in [2.24, 2.45) is 4.99 Å². The first-order valence-electron chi connectivity index (χ1n) is 9.78. The fourth-order valence-electron chi connectivity index (χ4n) is 3.17. The van der Waals surface area contributed by atoms with E-state index < -0.39 is 21.7 Å². The summed E-state index contributed by atoms with van der Waals surface area (Å²) < 4.78 is 44.0. The zero-order valence-electron chi connectivity index (χ0n) is 17.4. The van der Waals surface area contributed by atoms with Crippen LogP contribution in [0, 0.1) is 25.1 Å². The topological polar surface area (TPSA) is 80.5 Å². The van der Waals surface area contributed by atoms with Crippen LogP contribution in [0.1, 0.15) is 15.9 Å². The van der Waals surface area contributed by atoms with Crippen molar-refractivity contribution < 1.29 is 17.6 Å². The van der Waals surface area contributed by atoms with Crippen molar-refractivity contribution in [3.63, 3.8) is 0 Å². The van der Waals surface area contributed by atoms with Gasteiger partial charge in [0, 0.05) is 11.3 Å². The summed E-state index contributed by atoms with van der Waals surface area (Å²) in [5, 5.41) is 0. The number of hydrogen-bond donors (Lipinski definition) is 1. The minimum atomic E-state index is -3.76. The van der Waals surface area contributed by atoms with Gasteiger partial charge in [0.15, 0.2) is 4.80 Å². The van der Waals surface area contributed by atoms with Gasteiger partial charge in [-0.05, 0) is 55.5 Å². The van der Waals surface area contributed by atoms with E-state index in [9.17, 15) is 17.6 Å². The van der Waals surface area contributed by atoms with Crippen molar-refractivity contribution >= 4 is 43.2 Å². The Labute approximate surface area is 194 Å². The maximum atomic E-state index is 14.3. The first-order chi connectivity index (χ1) is 15.8. The summed E-state index contributed by atoms with van der Waals surface area (Å²) >= 11 is 1.16. The van der Waals surface area contributed by atoms with E-state index in [-0.39, 0.29) is 21.8 Å². The van der Waals surface area contributed by atoms with Crippen LogP contribution >= 0.6 is 11.3 Å². The number of para-hydroxylation sites is 1. The number of hydrogen-bond acceptors (Lipinski definition) is 4. The van der Waals surface area contributed by atoms with Crippen LogP contribution in [-0.2, 0) is 16.6 Å². The molecule has 1 heterocycles. The molecule has 0 aliphatic rings. The third kappa shape index (κ3) is 4.72. The fraction of sp³-hybridized carbons (Fsp3) is 0.0833. The smallest absolute Gasteiger partial charge is 0.279 e. The third-order valence-electron chi connectivity index (χ3n) is 4.81. The van der Waals surface area contributed by atoms with Gasteiger partial charge in [-0.1, -0.05) is 41.0 Å². The summed E-state index contributed by atoms with van der Waals surface area (Å²) in [4.78, 5) is 17.3. The van der Waals surface area contributed by atoms with E-state index in [1.807, 2.05) is 6.92 Å². The Bertz CT molecular complexity index is 1560. The van der Waals surface area contributed by atoms with E-state index in [1.165, 1.54) is 47.0 Å². The number of sulfonamides is 1. The van der Waals surface area contributed by atoms with E-state index in [2.05, 4.69) is 15.6 Å². The van der Waals surface area contributed by atoms with E-state index in [4.69, 9.17) is 6.42 Å². The number of nitrogens with zero attached hydrogens (tertiary/aromatic N) is 2. The number of rotatable bonds is 5.